The van der Waals surface area contributed by atoms with Crippen LogP contribution < -0.4 is 4.90 Å². The molecule has 7 aromatic carbocycles. The number of anilines is 3. The minimum absolute atomic E-state index is 0.158. The van der Waals surface area contributed by atoms with Crippen molar-refractivity contribution in [3.05, 3.63) is 175 Å². The highest BCUT2D eigenvalue weighted by atomic mass is 15.1. The van der Waals surface area contributed by atoms with Crippen molar-refractivity contribution in [3.63, 3.8) is 0 Å². The molecule has 7 aromatic rings. The normalized spacial score (nSPS) is 14.6. The summed E-state index contributed by atoms with van der Waals surface area (Å²) in [4.78, 5) is 2.43. The maximum Gasteiger partial charge on any atom is 0.0468 e. The molecule has 0 bridgehead atoms. The minimum atomic E-state index is 0.158. The SMILES string of the molecule is c1ccc(-c2ccc(N(c3ccc(-c4cccc5ccccc45)cc3)c3ccc4c(c3)-c3ccccc3C43CCCCC3)cc2)cc1. The molecule has 226 valence electrons. The first kappa shape index (κ1) is 27.9. The number of rotatable bonds is 5. The lowest BCUT2D eigenvalue weighted by Gasteiger charge is -2.36. The van der Waals surface area contributed by atoms with E-state index in [4.69, 9.17) is 0 Å². The molecule has 0 amide bonds. The maximum absolute atomic E-state index is 2.46. The van der Waals surface area contributed by atoms with Crippen molar-refractivity contribution in [2.75, 3.05) is 4.90 Å². The van der Waals surface area contributed by atoms with Gasteiger partial charge in [0.2, 0.25) is 0 Å². The maximum atomic E-state index is 2.46. The van der Waals surface area contributed by atoms with E-state index in [1.54, 1.807) is 0 Å². The summed E-state index contributed by atoms with van der Waals surface area (Å²) in [6.45, 7) is 0. The van der Waals surface area contributed by atoms with E-state index in [2.05, 4.69) is 169 Å². The molecule has 9 rings (SSSR count). The Labute approximate surface area is 277 Å². The van der Waals surface area contributed by atoms with E-state index in [1.165, 1.54) is 93.1 Å². The summed E-state index contributed by atoms with van der Waals surface area (Å²) in [5.74, 6) is 0. The Morgan fingerprint density at radius 2 is 0.957 bits per heavy atom. The molecule has 1 spiro atoms. The van der Waals surface area contributed by atoms with Gasteiger partial charge in [-0.25, -0.2) is 0 Å². The van der Waals surface area contributed by atoms with E-state index in [0.29, 0.717) is 0 Å². The summed E-state index contributed by atoms with van der Waals surface area (Å²) in [6.07, 6.45) is 6.45. The zero-order chi connectivity index (χ0) is 31.2. The third-order valence-electron chi connectivity index (χ3n) is 10.7. The number of benzene rings is 7. The van der Waals surface area contributed by atoms with Crippen molar-refractivity contribution >= 4 is 27.8 Å². The van der Waals surface area contributed by atoms with Crippen LogP contribution in [0, 0.1) is 0 Å². The molecule has 1 saturated carbocycles. The predicted molar refractivity (Wildman–Crippen MR) is 199 cm³/mol. The molecule has 0 heterocycles. The summed E-state index contributed by atoms with van der Waals surface area (Å²) >= 11 is 0. The predicted octanol–water partition coefficient (Wildman–Crippen LogP) is 12.9. The quantitative estimate of drug-likeness (QED) is 0.189. The third-order valence-corrected chi connectivity index (χ3v) is 10.7. The zero-order valence-electron chi connectivity index (χ0n) is 26.6. The van der Waals surface area contributed by atoms with Crippen molar-refractivity contribution < 1.29 is 0 Å². The average molecular weight is 604 g/mol. The highest BCUT2D eigenvalue weighted by molar-refractivity contribution is 5.97. The molecule has 0 aliphatic heterocycles. The van der Waals surface area contributed by atoms with Gasteiger partial charge in [-0.05, 0) is 105 Å². The standard InChI is InChI=1S/C46H37N/c1-3-12-33(13-4-1)34-20-24-37(25-21-34)47(38-26-22-36(23-27-38)41-18-11-15-35-14-5-6-16-40(35)41)39-28-29-45-43(32-39)42-17-7-8-19-44(42)46(45)30-9-2-10-31-46/h1,3-8,11-29,32H,2,9-10,30-31H2. The Bertz CT molecular complexity index is 2200. The van der Waals surface area contributed by atoms with Crippen LogP contribution in [-0.4, -0.2) is 0 Å². The van der Waals surface area contributed by atoms with Gasteiger partial charge >= 0.3 is 0 Å². The molecule has 1 heteroatoms. The summed E-state index contributed by atoms with van der Waals surface area (Å²) in [6, 6.07) is 60.5. The van der Waals surface area contributed by atoms with E-state index in [9.17, 15) is 0 Å². The van der Waals surface area contributed by atoms with Crippen LogP contribution in [0.5, 0.6) is 0 Å². The van der Waals surface area contributed by atoms with Crippen LogP contribution >= 0.6 is 0 Å². The molecule has 0 N–H and O–H groups in total. The van der Waals surface area contributed by atoms with E-state index >= 15 is 0 Å². The number of hydrogen-bond donors (Lipinski definition) is 0. The number of hydrogen-bond acceptors (Lipinski definition) is 1. The number of fused-ring (bicyclic) bond motifs is 6. The first-order chi connectivity index (χ1) is 23.3. The Morgan fingerprint density at radius 3 is 1.74 bits per heavy atom. The van der Waals surface area contributed by atoms with Gasteiger partial charge in [-0.15, -0.1) is 0 Å². The molecule has 0 radical (unpaired) electrons. The van der Waals surface area contributed by atoms with Gasteiger partial charge in [-0.3, -0.25) is 0 Å². The fourth-order valence-electron chi connectivity index (χ4n) is 8.43. The van der Waals surface area contributed by atoms with Crippen molar-refractivity contribution in [1.82, 2.24) is 0 Å². The fourth-order valence-corrected chi connectivity index (χ4v) is 8.43. The van der Waals surface area contributed by atoms with Gasteiger partial charge in [0.05, 0.1) is 0 Å². The first-order valence-corrected chi connectivity index (χ1v) is 17.1. The van der Waals surface area contributed by atoms with Gasteiger partial charge < -0.3 is 4.90 Å². The number of nitrogens with zero attached hydrogens (tertiary/aromatic N) is 1. The summed E-state index contributed by atoms with van der Waals surface area (Å²) < 4.78 is 0. The average Bonchev–Trinajstić information content (AvgIpc) is 3.41. The summed E-state index contributed by atoms with van der Waals surface area (Å²) in [5.41, 5.74) is 14.5. The Kier molecular flexibility index (Phi) is 6.78. The highest BCUT2D eigenvalue weighted by Gasteiger charge is 2.43. The highest BCUT2D eigenvalue weighted by Crippen LogP contribution is 2.56. The van der Waals surface area contributed by atoms with Crippen molar-refractivity contribution in [3.8, 4) is 33.4 Å². The van der Waals surface area contributed by atoms with Gasteiger partial charge in [-0.1, -0.05) is 147 Å². The molecule has 0 atom stereocenters. The third kappa shape index (κ3) is 4.69. The molecular formula is C46H37N. The Morgan fingerprint density at radius 1 is 0.383 bits per heavy atom. The topological polar surface area (TPSA) is 3.24 Å². The van der Waals surface area contributed by atoms with Gasteiger partial charge in [0.1, 0.15) is 0 Å². The van der Waals surface area contributed by atoms with Crippen LogP contribution in [-0.2, 0) is 5.41 Å². The van der Waals surface area contributed by atoms with E-state index in [-0.39, 0.29) is 5.41 Å². The Hall–Kier alpha value is -5.40. The van der Waals surface area contributed by atoms with Crippen molar-refractivity contribution in [2.45, 2.75) is 37.5 Å². The van der Waals surface area contributed by atoms with E-state index in [1.807, 2.05) is 0 Å². The Balaban J connectivity index is 1.17. The summed E-state index contributed by atoms with van der Waals surface area (Å²) in [7, 11) is 0. The van der Waals surface area contributed by atoms with Gasteiger partial charge in [0.25, 0.3) is 0 Å². The van der Waals surface area contributed by atoms with E-state index in [0.717, 1.165) is 11.4 Å². The van der Waals surface area contributed by atoms with Crippen molar-refractivity contribution in [2.24, 2.45) is 0 Å². The zero-order valence-corrected chi connectivity index (χ0v) is 26.6. The molecule has 1 fully saturated rings. The lowest BCUT2D eigenvalue weighted by Crippen LogP contribution is -2.28. The van der Waals surface area contributed by atoms with Gasteiger partial charge in [0.15, 0.2) is 0 Å². The van der Waals surface area contributed by atoms with Crippen LogP contribution in [0.3, 0.4) is 0 Å². The molecule has 0 aromatic heterocycles. The van der Waals surface area contributed by atoms with Crippen LogP contribution in [0.1, 0.15) is 43.2 Å². The first-order valence-electron chi connectivity index (χ1n) is 17.1. The summed E-state index contributed by atoms with van der Waals surface area (Å²) in [5, 5.41) is 2.55. The molecule has 0 unspecified atom stereocenters. The van der Waals surface area contributed by atoms with Gasteiger partial charge in [-0.2, -0.15) is 0 Å². The van der Waals surface area contributed by atoms with Gasteiger partial charge in [0, 0.05) is 22.5 Å². The lowest BCUT2D eigenvalue weighted by atomic mass is 9.68. The van der Waals surface area contributed by atoms with Crippen LogP contribution in [0.4, 0.5) is 17.1 Å². The van der Waals surface area contributed by atoms with Crippen molar-refractivity contribution in [1.29, 1.82) is 0 Å². The van der Waals surface area contributed by atoms with Crippen LogP contribution in [0.2, 0.25) is 0 Å². The molecule has 2 aliphatic rings. The van der Waals surface area contributed by atoms with Crippen LogP contribution in [0.15, 0.2) is 164 Å². The molecule has 1 nitrogen and oxygen atoms in total. The molecule has 2 aliphatic carbocycles. The second kappa shape index (κ2) is 11.4. The lowest BCUT2D eigenvalue weighted by molar-refractivity contribution is 0.353. The minimum Gasteiger partial charge on any atom is -0.310 e. The second-order valence-corrected chi connectivity index (χ2v) is 13.2. The second-order valence-electron chi connectivity index (χ2n) is 13.2. The molecule has 0 saturated heterocycles. The smallest absolute Gasteiger partial charge is 0.0468 e. The van der Waals surface area contributed by atoms with Crippen LogP contribution in [0.25, 0.3) is 44.2 Å². The van der Waals surface area contributed by atoms with E-state index < -0.39 is 0 Å². The molecular weight excluding hydrogens is 567 g/mol. The monoisotopic (exact) mass is 603 g/mol. The molecule has 47 heavy (non-hydrogen) atoms. The fraction of sp³-hybridized carbons (Fsp3) is 0.130. The largest absolute Gasteiger partial charge is 0.310 e.